The molecule has 0 aromatic heterocycles. The molecule has 3 heteroatoms. The predicted molar refractivity (Wildman–Crippen MR) is 69.9 cm³/mol. The molecule has 0 heterocycles. The lowest BCUT2D eigenvalue weighted by molar-refractivity contribution is 0.537. The minimum atomic E-state index is 0. The molecular weight excluding hydrogens is 229 g/mol. The summed E-state index contributed by atoms with van der Waals surface area (Å²) in [5.41, 5.74) is 1.18. The molecule has 1 N–H and O–H groups in total. The Morgan fingerprint density at radius 3 is 2.53 bits per heavy atom. The Labute approximate surface area is 104 Å². The van der Waals surface area contributed by atoms with Gasteiger partial charge >= 0.3 is 0 Å². The van der Waals surface area contributed by atoms with Crippen molar-refractivity contribution in [2.45, 2.75) is 26.8 Å². The van der Waals surface area contributed by atoms with Crippen LogP contribution in [0.15, 0.2) is 24.3 Å². The normalized spacial score (nSPS) is 10.1. The molecule has 1 rings (SSSR count). The van der Waals surface area contributed by atoms with Crippen LogP contribution in [-0.4, -0.2) is 6.54 Å². The first-order chi connectivity index (χ1) is 6.70. The second-order valence-corrected chi connectivity index (χ2v) is 4.36. The highest BCUT2D eigenvalue weighted by molar-refractivity contribution is 6.31. The van der Waals surface area contributed by atoms with E-state index in [0.717, 1.165) is 24.0 Å². The largest absolute Gasteiger partial charge is 0.313 e. The fourth-order valence-corrected chi connectivity index (χ4v) is 1.46. The SMILES string of the molecule is CC(C)CCNCc1ccccc1Cl.Cl. The fraction of sp³-hybridized carbons (Fsp3) is 0.500. The van der Waals surface area contributed by atoms with Crippen molar-refractivity contribution in [3.8, 4) is 0 Å². The third-order valence-electron chi connectivity index (χ3n) is 2.17. The molecule has 0 aliphatic carbocycles. The van der Waals surface area contributed by atoms with Gasteiger partial charge in [0, 0.05) is 11.6 Å². The molecule has 1 aromatic rings. The summed E-state index contributed by atoms with van der Waals surface area (Å²) in [6.07, 6.45) is 1.21. The molecule has 0 radical (unpaired) electrons. The lowest BCUT2D eigenvalue weighted by atomic mass is 10.1. The van der Waals surface area contributed by atoms with Crippen LogP contribution >= 0.6 is 24.0 Å². The van der Waals surface area contributed by atoms with Crippen molar-refractivity contribution in [1.29, 1.82) is 0 Å². The Morgan fingerprint density at radius 2 is 1.93 bits per heavy atom. The van der Waals surface area contributed by atoms with E-state index < -0.39 is 0 Å². The van der Waals surface area contributed by atoms with E-state index in [4.69, 9.17) is 11.6 Å². The van der Waals surface area contributed by atoms with Gasteiger partial charge in [0.25, 0.3) is 0 Å². The van der Waals surface area contributed by atoms with Crippen molar-refractivity contribution >= 4 is 24.0 Å². The number of rotatable bonds is 5. The molecule has 15 heavy (non-hydrogen) atoms. The summed E-state index contributed by atoms with van der Waals surface area (Å²) in [5, 5.41) is 4.24. The number of nitrogens with one attached hydrogen (secondary N) is 1. The average molecular weight is 248 g/mol. The number of halogens is 2. The summed E-state index contributed by atoms with van der Waals surface area (Å²) in [5.74, 6) is 0.758. The van der Waals surface area contributed by atoms with E-state index in [1.165, 1.54) is 12.0 Å². The Hall–Kier alpha value is -0.240. The second kappa shape index (κ2) is 7.98. The minimum Gasteiger partial charge on any atom is -0.313 e. The monoisotopic (exact) mass is 247 g/mol. The van der Waals surface area contributed by atoms with Gasteiger partial charge in [0.2, 0.25) is 0 Å². The summed E-state index contributed by atoms with van der Waals surface area (Å²) < 4.78 is 0. The molecule has 0 aliphatic rings. The maximum absolute atomic E-state index is 6.03. The van der Waals surface area contributed by atoms with Gasteiger partial charge in [-0.3, -0.25) is 0 Å². The molecule has 0 atom stereocenters. The van der Waals surface area contributed by atoms with Crippen molar-refractivity contribution in [2.24, 2.45) is 5.92 Å². The zero-order valence-electron chi connectivity index (χ0n) is 9.29. The zero-order valence-corrected chi connectivity index (χ0v) is 10.9. The smallest absolute Gasteiger partial charge is 0.0450 e. The lowest BCUT2D eigenvalue weighted by Gasteiger charge is -2.07. The van der Waals surface area contributed by atoms with E-state index in [0.29, 0.717) is 0 Å². The van der Waals surface area contributed by atoms with Gasteiger partial charge in [-0.1, -0.05) is 43.6 Å². The Morgan fingerprint density at radius 1 is 1.27 bits per heavy atom. The van der Waals surface area contributed by atoms with Crippen molar-refractivity contribution in [1.82, 2.24) is 5.32 Å². The molecule has 1 aromatic carbocycles. The van der Waals surface area contributed by atoms with E-state index in [2.05, 4.69) is 25.2 Å². The highest BCUT2D eigenvalue weighted by Crippen LogP contribution is 2.14. The van der Waals surface area contributed by atoms with Gasteiger partial charge in [-0.25, -0.2) is 0 Å². The van der Waals surface area contributed by atoms with E-state index in [9.17, 15) is 0 Å². The van der Waals surface area contributed by atoms with Crippen molar-refractivity contribution in [2.75, 3.05) is 6.54 Å². The Balaban J connectivity index is 0.00000196. The van der Waals surface area contributed by atoms with Crippen LogP contribution < -0.4 is 5.32 Å². The van der Waals surface area contributed by atoms with Crippen molar-refractivity contribution in [3.63, 3.8) is 0 Å². The average Bonchev–Trinajstić information content (AvgIpc) is 2.15. The predicted octanol–water partition coefficient (Wildman–Crippen LogP) is 3.90. The first-order valence-corrected chi connectivity index (χ1v) is 5.52. The topological polar surface area (TPSA) is 12.0 Å². The van der Waals surface area contributed by atoms with E-state index in [-0.39, 0.29) is 12.4 Å². The number of hydrogen-bond acceptors (Lipinski definition) is 1. The first-order valence-electron chi connectivity index (χ1n) is 5.14. The molecule has 0 amide bonds. The minimum absolute atomic E-state index is 0. The van der Waals surface area contributed by atoms with Gasteiger partial charge in [0.1, 0.15) is 0 Å². The quantitative estimate of drug-likeness (QED) is 0.779. The summed E-state index contributed by atoms with van der Waals surface area (Å²) in [7, 11) is 0. The molecule has 86 valence electrons. The van der Waals surface area contributed by atoms with Crippen molar-refractivity contribution in [3.05, 3.63) is 34.9 Å². The maximum Gasteiger partial charge on any atom is 0.0450 e. The van der Waals surface area contributed by atoms with Crippen LogP contribution in [0, 0.1) is 5.92 Å². The molecule has 0 unspecified atom stereocenters. The Kier molecular flexibility index (Phi) is 7.85. The van der Waals surface area contributed by atoms with E-state index in [1.54, 1.807) is 0 Å². The summed E-state index contributed by atoms with van der Waals surface area (Å²) in [4.78, 5) is 0. The van der Waals surface area contributed by atoms with Crippen LogP contribution in [0.3, 0.4) is 0 Å². The van der Waals surface area contributed by atoms with Gasteiger partial charge in [0.15, 0.2) is 0 Å². The van der Waals surface area contributed by atoms with Crippen LogP contribution in [0.1, 0.15) is 25.8 Å². The summed E-state index contributed by atoms with van der Waals surface area (Å²) in [6, 6.07) is 7.97. The third kappa shape index (κ3) is 6.03. The highest BCUT2D eigenvalue weighted by atomic mass is 35.5. The molecule has 0 saturated carbocycles. The van der Waals surface area contributed by atoms with Crippen molar-refractivity contribution < 1.29 is 0 Å². The van der Waals surface area contributed by atoms with Gasteiger partial charge in [-0.2, -0.15) is 0 Å². The van der Waals surface area contributed by atoms with E-state index in [1.807, 2.05) is 18.2 Å². The third-order valence-corrected chi connectivity index (χ3v) is 2.54. The van der Waals surface area contributed by atoms with Crippen LogP contribution in [0.25, 0.3) is 0 Å². The lowest BCUT2D eigenvalue weighted by Crippen LogP contribution is -2.16. The molecule has 0 aliphatic heterocycles. The fourth-order valence-electron chi connectivity index (χ4n) is 1.26. The van der Waals surface area contributed by atoms with Gasteiger partial charge in [-0.15, -0.1) is 12.4 Å². The maximum atomic E-state index is 6.03. The highest BCUT2D eigenvalue weighted by Gasteiger charge is 1.98. The number of hydrogen-bond donors (Lipinski definition) is 1. The first kappa shape index (κ1) is 14.8. The standard InChI is InChI=1S/C12H18ClN.ClH/c1-10(2)7-8-14-9-11-5-3-4-6-12(11)13;/h3-6,10,14H,7-9H2,1-2H3;1H. The zero-order chi connectivity index (χ0) is 10.4. The Bertz CT molecular complexity index is 274. The second-order valence-electron chi connectivity index (χ2n) is 3.95. The molecule has 1 nitrogen and oxygen atoms in total. The van der Waals surface area contributed by atoms with Gasteiger partial charge in [0.05, 0.1) is 0 Å². The molecule has 0 saturated heterocycles. The summed E-state index contributed by atoms with van der Waals surface area (Å²) >= 11 is 6.03. The summed E-state index contributed by atoms with van der Waals surface area (Å²) in [6.45, 7) is 6.39. The molecule has 0 spiro atoms. The van der Waals surface area contributed by atoms with Crippen LogP contribution in [0.4, 0.5) is 0 Å². The van der Waals surface area contributed by atoms with Crippen LogP contribution in [-0.2, 0) is 6.54 Å². The van der Waals surface area contributed by atoms with Crippen LogP contribution in [0.2, 0.25) is 5.02 Å². The van der Waals surface area contributed by atoms with Gasteiger partial charge in [-0.05, 0) is 30.5 Å². The molecule has 0 fully saturated rings. The molecule has 0 bridgehead atoms. The molecular formula is C12H19Cl2N. The van der Waals surface area contributed by atoms with Gasteiger partial charge < -0.3 is 5.32 Å². The number of benzene rings is 1. The van der Waals surface area contributed by atoms with Crippen LogP contribution in [0.5, 0.6) is 0 Å². The van der Waals surface area contributed by atoms with E-state index >= 15 is 0 Å².